The Kier molecular flexibility index (Phi) is 6.65. The van der Waals surface area contributed by atoms with Crippen LogP contribution in [0, 0.1) is 5.92 Å². The molecular weight excluding hydrogens is 344 g/mol. The summed E-state index contributed by atoms with van der Waals surface area (Å²) >= 11 is 0. The highest BCUT2D eigenvalue weighted by Crippen LogP contribution is 2.22. The molecule has 25 heavy (non-hydrogen) atoms. The molecule has 1 aromatic heterocycles. The van der Waals surface area contributed by atoms with Gasteiger partial charge in [-0.15, -0.1) is 6.58 Å². The number of piperidine rings is 1. The monoisotopic (exact) mass is 366 g/mol. The van der Waals surface area contributed by atoms with Gasteiger partial charge in [-0.05, 0) is 30.9 Å². The summed E-state index contributed by atoms with van der Waals surface area (Å²) in [5, 5.41) is 4.99. The number of rotatable bonds is 6. The predicted octanol–water partition coefficient (Wildman–Crippen LogP) is -0.0993. The normalized spacial score (nSPS) is 16.2. The van der Waals surface area contributed by atoms with E-state index in [1.807, 2.05) is 0 Å². The average molecular weight is 366 g/mol. The number of carbonyl (C=O) groups excluding carboxylic acids is 2. The van der Waals surface area contributed by atoms with Crippen LogP contribution in [0.3, 0.4) is 0 Å². The maximum Gasteiger partial charge on any atom is 0.309 e. The van der Waals surface area contributed by atoms with Crippen LogP contribution in [-0.4, -0.2) is 55.7 Å². The van der Waals surface area contributed by atoms with Crippen LogP contribution in [0.1, 0.15) is 12.8 Å². The van der Waals surface area contributed by atoms with Crippen LogP contribution >= 0.6 is 0 Å². The highest BCUT2D eigenvalue weighted by Gasteiger charge is 2.29. The van der Waals surface area contributed by atoms with Gasteiger partial charge in [-0.1, -0.05) is 6.08 Å². The van der Waals surface area contributed by atoms with Gasteiger partial charge in [0.05, 0.1) is 0 Å². The topological polar surface area (TPSA) is 108 Å². The molecule has 0 radical (unpaired) electrons. The summed E-state index contributed by atoms with van der Waals surface area (Å²) in [5.41, 5.74) is 0. The Morgan fingerprint density at radius 3 is 2.56 bits per heavy atom. The van der Waals surface area contributed by atoms with Crippen LogP contribution < -0.4 is 10.6 Å². The van der Waals surface area contributed by atoms with E-state index in [1.165, 1.54) is 28.8 Å². The van der Waals surface area contributed by atoms with E-state index in [2.05, 4.69) is 22.2 Å². The Labute approximate surface area is 147 Å². The van der Waals surface area contributed by atoms with Crippen molar-refractivity contribution in [2.45, 2.75) is 17.7 Å². The number of hydrogen-bond acceptors (Lipinski definition) is 5. The summed E-state index contributed by atoms with van der Waals surface area (Å²) in [6, 6.07) is 3.11. The third kappa shape index (κ3) is 5.10. The number of carbonyl (C=O) groups is 2. The molecule has 1 fully saturated rings. The molecule has 9 heteroatoms. The van der Waals surface area contributed by atoms with Crippen molar-refractivity contribution >= 4 is 21.8 Å². The van der Waals surface area contributed by atoms with Crippen molar-refractivity contribution in [2.24, 2.45) is 5.92 Å². The standard InChI is InChI=1S/C16H22N4O4S/c1-2-7-18-15(21)16(22)19-11-13-5-9-20(10-6-13)25(23,24)14-4-3-8-17-12-14/h2-4,8,12-13H,1,5-7,9-11H2,(H,18,21)(H,19,22). The molecule has 0 unspecified atom stereocenters. The van der Waals surface area contributed by atoms with Gasteiger partial charge < -0.3 is 10.6 Å². The van der Waals surface area contributed by atoms with Gasteiger partial charge >= 0.3 is 11.8 Å². The molecule has 2 amide bonds. The smallest absolute Gasteiger partial charge is 0.309 e. The third-order valence-corrected chi connectivity index (χ3v) is 5.89. The van der Waals surface area contributed by atoms with Crippen molar-refractivity contribution in [3.63, 3.8) is 0 Å². The molecule has 8 nitrogen and oxygen atoms in total. The highest BCUT2D eigenvalue weighted by atomic mass is 32.2. The minimum atomic E-state index is -3.53. The molecule has 0 aromatic carbocycles. The fourth-order valence-corrected chi connectivity index (χ4v) is 4.00. The van der Waals surface area contributed by atoms with Crippen LogP contribution in [0.5, 0.6) is 0 Å². The largest absolute Gasteiger partial charge is 0.348 e. The number of nitrogens with one attached hydrogen (secondary N) is 2. The molecule has 1 aromatic rings. The second kappa shape index (κ2) is 8.72. The zero-order valence-electron chi connectivity index (χ0n) is 13.8. The predicted molar refractivity (Wildman–Crippen MR) is 91.9 cm³/mol. The molecule has 2 N–H and O–H groups in total. The van der Waals surface area contributed by atoms with E-state index in [4.69, 9.17) is 0 Å². The second-order valence-corrected chi connectivity index (χ2v) is 7.68. The maximum absolute atomic E-state index is 12.5. The summed E-state index contributed by atoms with van der Waals surface area (Å²) in [5.74, 6) is -1.25. The quantitative estimate of drug-likeness (QED) is 0.540. The first-order valence-electron chi connectivity index (χ1n) is 8.02. The van der Waals surface area contributed by atoms with Gasteiger partial charge in [0.2, 0.25) is 10.0 Å². The van der Waals surface area contributed by atoms with Crippen molar-refractivity contribution in [3.05, 3.63) is 37.2 Å². The number of pyridine rings is 1. The van der Waals surface area contributed by atoms with Crippen molar-refractivity contribution in [1.29, 1.82) is 0 Å². The molecule has 1 aliphatic rings. The van der Waals surface area contributed by atoms with Crippen molar-refractivity contribution in [1.82, 2.24) is 19.9 Å². The van der Waals surface area contributed by atoms with E-state index in [0.717, 1.165) is 0 Å². The van der Waals surface area contributed by atoms with Gasteiger partial charge in [0.25, 0.3) is 0 Å². The zero-order chi connectivity index (χ0) is 18.3. The lowest BCUT2D eigenvalue weighted by molar-refractivity contribution is -0.139. The van der Waals surface area contributed by atoms with Crippen LogP contribution in [-0.2, 0) is 19.6 Å². The molecule has 2 rings (SSSR count). The summed E-state index contributed by atoms with van der Waals surface area (Å²) < 4.78 is 26.4. The van der Waals surface area contributed by atoms with Gasteiger partial charge in [-0.25, -0.2) is 8.42 Å². The Morgan fingerprint density at radius 1 is 1.28 bits per heavy atom. The van der Waals surface area contributed by atoms with Gasteiger partial charge in [0.1, 0.15) is 4.90 Å². The molecular formula is C16H22N4O4S. The SMILES string of the molecule is C=CCNC(=O)C(=O)NCC1CCN(S(=O)(=O)c2cccnc2)CC1. The van der Waals surface area contributed by atoms with Gasteiger partial charge in [-0.2, -0.15) is 4.31 Å². The van der Waals surface area contributed by atoms with E-state index in [1.54, 1.807) is 6.07 Å². The molecule has 136 valence electrons. The molecule has 0 atom stereocenters. The number of nitrogens with zero attached hydrogens (tertiary/aromatic N) is 2. The first-order chi connectivity index (χ1) is 11.9. The Morgan fingerprint density at radius 2 is 1.96 bits per heavy atom. The van der Waals surface area contributed by atoms with E-state index >= 15 is 0 Å². The summed E-state index contributed by atoms with van der Waals surface area (Å²) in [6.07, 6.45) is 5.59. The molecule has 1 aliphatic heterocycles. The van der Waals surface area contributed by atoms with Crippen LogP contribution in [0.15, 0.2) is 42.1 Å². The number of sulfonamides is 1. The first kappa shape index (κ1) is 19.1. The molecule has 0 spiro atoms. The van der Waals surface area contributed by atoms with Crippen LogP contribution in [0.4, 0.5) is 0 Å². The summed E-state index contributed by atoms with van der Waals surface area (Å²) in [7, 11) is -3.53. The number of hydrogen-bond donors (Lipinski definition) is 2. The molecule has 0 aliphatic carbocycles. The van der Waals surface area contributed by atoms with E-state index < -0.39 is 21.8 Å². The van der Waals surface area contributed by atoms with E-state index in [0.29, 0.717) is 32.5 Å². The van der Waals surface area contributed by atoms with Gasteiger partial charge in [0, 0.05) is 38.6 Å². The number of amides is 2. The van der Waals surface area contributed by atoms with Crippen molar-refractivity contribution < 1.29 is 18.0 Å². The Balaban J connectivity index is 1.81. The lowest BCUT2D eigenvalue weighted by Gasteiger charge is -2.31. The molecule has 1 saturated heterocycles. The lowest BCUT2D eigenvalue weighted by Crippen LogP contribution is -2.44. The Hall–Kier alpha value is -2.26. The molecule has 0 bridgehead atoms. The minimum absolute atomic E-state index is 0.136. The fraction of sp³-hybridized carbons (Fsp3) is 0.438. The summed E-state index contributed by atoms with van der Waals surface area (Å²) in [4.78, 5) is 27.1. The molecule has 2 heterocycles. The van der Waals surface area contributed by atoms with Gasteiger partial charge in [0.15, 0.2) is 0 Å². The average Bonchev–Trinajstić information content (AvgIpc) is 2.65. The highest BCUT2D eigenvalue weighted by molar-refractivity contribution is 7.89. The second-order valence-electron chi connectivity index (χ2n) is 5.74. The van der Waals surface area contributed by atoms with Crippen LogP contribution in [0.25, 0.3) is 0 Å². The number of aromatic nitrogens is 1. The maximum atomic E-state index is 12.5. The van der Waals surface area contributed by atoms with E-state index in [-0.39, 0.29) is 17.4 Å². The minimum Gasteiger partial charge on any atom is -0.348 e. The zero-order valence-corrected chi connectivity index (χ0v) is 14.7. The van der Waals surface area contributed by atoms with Crippen molar-refractivity contribution in [3.8, 4) is 0 Å². The fourth-order valence-electron chi connectivity index (χ4n) is 2.56. The molecule has 0 saturated carbocycles. The third-order valence-electron chi connectivity index (χ3n) is 4.01. The van der Waals surface area contributed by atoms with Crippen LogP contribution in [0.2, 0.25) is 0 Å². The summed E-state index contributed by atoms with van der Waals surface area (Å²) in [6.45, 7) is 4.79. The van der Waals surface area contributed by atoms with E-state index in [9.17, 15) is 18.0 Å². The Bertz CT molecular complexity index is 713. The first-order valence-corrected chi connectivity index (χ1v) is 9.46. The van der Waals surface area contributed by atoms with Gasteiger partial charge in [-0.3, -0.25) is 14.6 Å². The van der Waals surface area contributed by atoms with Crippen molar-refractivity contribution in [2.75, 3.05) is 26.2 Å². The lowest BCUT2D eigenvalue weighted by atomic mass is 9.98.